The van der Waals surface area contributed by atoms with Crippen molar-refractivity contribution in [2.24, 2.45) is 0 Å². The normalized spacial score (nSPS) is 15.7. The first-order valence-corrected chi connectivity index (χ1v) is 5.71. The van der Waals surface area contributed by atoms with Gasteiger partial charge in [-0.25, -0.2) is 4.79 Å². The highest BCUT2D eigenvalue weighted by Crippen LogP contribution is 2.16. The standard InChI is InChI=1S/C13H19NO3/c1-13(2,3)17-12(16)14-8-10-4-6-11(9-15)7-5-10/h4,6,9H,5,7-8H2,1-3H3,(H,14,16). The number of nitrogens with one attached hydrogen (secondary N) is 1. The summed E-state index contributed by atoms with van der Waals surface area (Å²) in [5.74, 6) is 0. The molecule has 0 spiro atoms. The van der Waals surface area contributed by atoms with Crippen molar-refractivity contribution in [2.45, 2.75) is 39.2 Å². The van der Waals surface area contributed by atoms with Crippen LogP contribution in [0.1, 0.15) is 33.6 Å². The minimum absolute atomic E-state index is 0.413. The van der Waals surface area contributed by atoms with Crippen molar-refractivity contribution in [1.82, 2.24) is 5.32 Å². The maximum atomic E-state index is 11.4. The molecule has 0 saturated carbocycles. The summed E-state index contributed by atoms with van der Waals surface area (Å²) < 4.78 is 5.12. The van der Waals surface area contributed by atoms with E-state index in [1.165, 1.54) is 0 Å². The zero-order valence-corrected chi connectivity index (χ0v) is 10.6. The third-order valence-electron chi connectivity index (χ3n) is 2.28. The zero-order valence-electron chi connectivity index (χ0n) is 10.6. The molecule has 0 saturated heterocycles. The summed E-state index contributed by atoms with van der Waals surface area (Å²) in [5, 5.41) is 2.69. The Morgan fingerprint density at radius 3 is 2.59 bits per heavy atom. The van der Waals surface area contributed by atoms with Crippen LogP contribution in [0.4, 0.5) is 4.79 Å². The van der Waals surface area contributed by atoms with E-state index in [1.54, 1.807) is 6.08 Å². The zero-order chi connectivity index (χ0) is 12.9. The Balaban J connectivity index is 2.37. The van der Waals surface area contributed by atoms with E-state index in [2.05, 4.69) is 5.32 Å². The summed E-state index contributed by atoms with van der Waals surface area (Å²) >= 11 is 0. The van der Waals surface area contributed by atoms with Gasteiger partial charge in [-0.1, -0.05) is 17.7 Å². The molecule has 0 unspecified atom stereocenters. The van der Waals surface area contributed by atoms with Gasteiger partial charge in [0.2, 0.25) is 0 Å². The van der Waals surface area contributed by atoms with E-state index in [0.29, 0.717) is 6.54 Å². The number of alkyl carbamates (subject to hydrolysis) is 1. The van der Waals surface area contributed by atoms with Crippen molar-refractivity contribution in [1.29, 1.82) is 0 Å². The average Bonchev–Trinajstić information content (AvgIpc) is 2.25. The minimum Gasteiger partial charge on any atom is -0.444 e. The molecule has 0 aromatic heterocycles. The first-order valence-electron chi connectivity index (χ1n) is 5.71. The number of allylic oxidation sites excluding steroid dienone is 3. The molecule has 1 N–H and O–H groups in total. The molecule has 94 valence electrons. The van der Waals surface area contributed by atoms with Gasteiger partial charge >= 0.3 is 6.09 Å². The van der Waals surface area contributed by atoms with E-state index in [1.807, 2.05) is 26.8 Å². The lowest BCUT2D eigenvalue weighted by atomic mass is 9.99. The van der Waals surface area contributed by atoms with Crippen LogP contribution in [0.5, 0.6) is 0 Å². The number of amides is 1. The van der Waals surface area contributed by atoms with Gasteiger partial charge in [-0.05, 0) is 39.2 Å². The molecule has 4 heteroatoms. The van der Waals surface area contributed by atoms with Crippen molar-refractivity contribution >= 4 is 12.4 Å². The van der Waals surface area contributed by atoms with E-state index < -0.39 is 11.7 Å². The molecular formula is C13H19NO3. The lowest BCUT2D eigenvalue weighted by molar-refractivity contribution is -0.105. The van der Waals surface area contributed by atoms with Crippen molar-refractivity contribution in [3.05, 3.63) is 23.3 Å². The van der Waals surface area contributed by atoms with Gasteiger partial charge in [-0.3, -0.25) is 4.79 Å². The summed E-state index contributed by atoms with van der Waals surface area (Å²) in [7, 11) is 0. The van der Waals surface area contributed by atoms with Crippen molar-refractivity contribution in [2.75, 3.05) is 6.54 Å². The highest BCUT2D eigenvalue weighted by Gasteiger charge is 2.16. The van der Waals surface area contributed by atoms with Crippen LogP contribution in [-0.2, 0) is 9.53 Å². The van der Waals surface area contributed by atoms with E-state index >= 15 is 0 Å². The molecule has 1 aliphatic rings. The second kappa shape index (κ2) is 5.66. The molecule has 0 bridgehead atoms. The molecule has 17 heavy (non-hydrogen) atoms. The summed E-state index contributed by atoms with van der Waals surface area (Å²) in [4.78, 5) is 21.9. The topological polar surface area (TPSA) is 55.4 Å². The number of aldehydes is 1. The molecule has 0 radical (unpaired) electrons. The lowest BCUT2D eigenvalue weighted by Crippen LogP contribution is -2.33. The Morgan fingerprint density at radius 2 is 2.12 bits per heavy atom. The maximum absolute atomic E-state index is 11.4. The first kappa shape index (κ1) is 13.5. The molecule has 0 aromatic rings. The van der Waals surface area contributed by atoms with Gasteiger partial charge in [0.05, 0.1) is 0 Å². The Bertz CT molecular complexity index is 361. The number of carbonyl (C=O) groups is 2. The van der Waals surface area contributed by atoms with Crippen LogP contribution < -0.4 is 5.32 Å². The molecule has 0 atom stereocenters. The van der Waals surface area contributed by atoms with Gasteiger partial charge < -0.3 is 10.1 Å². The van der Waals surface area contributed by atoms with E-state index in [4.69, 9.17) is 4.74 Å². The Kier molecular flexibility index (Phi) is 4.49. The SMILES string of the molecule is CC(C)(C)OC(=O)NCC1=CC=C(C=O)CC1. The largest absolute Gasteiger partial charge is 0.444 e. The number of rotatable bonds is 3. The van der Waals surface area contributed by atoms with Crippen LogP contribution >= 0.6 is 0 Å². The van der Waals surface area contributed by atoms with E-state index in [0.717, 1.165) is 30.3 Å². The number of hydrogen-bond donors (Lipinski definition) is 1. The number of hydrogen-bond acceptors (Lipinski definition) is 3. The molecule has 1 rings (SSSR count). The highest BCUT2D eigenvalue weighted by atomic mass is 16.6. The quantitative estimate of drug-likeness (QED) is 0.766. The van der Waals surface area contributed by atoms with Crippen LogP contribution in [0, 0.1) is 0 Å². The van der Waals surface area contributed by atoms with Crippen LogP contribution in [0.15, 0.2) is 23.3 Å². The van der Waals surface area contributed by atoms with Crippen LogP contribution in [0.2, 0.25) is 0 Å². The van der Waals surface area contributed by atoms with Gasteiger partial charge in [-0.15, -0.1) is 0 Å². The van der Waals surface area contributed by atoms with E-state index in [-0.39, 0.29) is 0 Å². The van der Waals surface area contributed by atoms with Crippen LogP contribution in [0.3, 0.4) is 0 Å². The molecule has 0 aliphatic heterocycles. The number of carbonyl (C=O) groups excluding carboxylic acids is 2. The Morgan fingerprint density at radius 1 is 1.41 bits per heavy atom. The highest BCUT2D eigenvalue weighted by molar-refractivity contribution is 5.74. The fourth-order valence-corrected chi connectivity index (χ4v) is 1.44. The van der Waals surface area contributed by atoms with Gasteiger partial charge in [0, 0.05) is 6.54 Å². The van der Waals surface area contributed by atoms with E-state index in [9.17, 15) is 9.59 Å². The van der Waals surface area contributed by atoms with Crippen molar-refractivity contribution in [3.8, 4) is 0 Å². The average molecular weight is 237 g/mol. The van der Waals surface area contributed by atoms with Crippen molar-refractivity contribution in [3.63, 3.8) is 0 Å². The second-order valence-electron chi connectivity index (χ2n) is 5.04. The van der Waals surface area contributed by atoms with Crippen LogP contribution in [-0.4, -0.2) is 24.5 Å². The van der Waals surface area contributed by atoms with Gasteiger partial charge in [-0.2, -0.15) is 0 Å². The summed E-state index contributed by atoms with van der Waals surface area (Å²) in [6.07, 6.45) is 5.68. The Labute approximate surface area is 102 Å². The molecule has 0 aromatic carbocycles. The Hall–Kier alpha value is -1.58. The predicted octanol–water partition coefficient (Wildman–Crippen LogP) is 2.36. The fraction of sp³-hybridized carbons (Fsp3) is 0.538. The predicted molar refractivity (Wildman–Crippen MR) is 65.7 cm³/mol. The molecule has 1 amide bonds. The molecule has 4 nitrogen and oxygen atoms in total. The minimum atomic E-state index is -0.477. The third-order valence-corrected chi connectivity index (χ3v) is 2.28. The summed E-state index contributed by atoms with van der Waals surface area (Å²) in [6, 6.07) is 0. The van der Waals surface area contributed by atoms with Crippen LogP contribution in [0.25, 0.3) is 0 Å². The first-order chi connectivity index (χ1) is 7.90. The monoisotopic (exact) mass is 237 g/mol. The smallest absolute Gasteiger partial charge is 0.407 e. The van der Waals surface area contributed by atoms with Crippen molar-refractivity contribution < 1.29 is 14.3 Å². The molecule has 1 aliphatic carbocycles. The summed E-state index contributed by atoms with van der Waals surface area (Å²) in [5.41, 5.74) is 1.42. The second-order valence-corrected chi connectivity index (χ2v) is 5.04. The molecular weight excluding hydrogens is 218 g/mol. The molecule has 0 heterocycles. The molecule has 0 fully saturated rings. The number of ether oxygens (including phenoxy) is 1. The fourth-order valence-electron chi connectivity index (χ4n) is 1.44. The third kappa shape index (κ3) is 5.33. The maximum Gasteiger partial charge on any atom is 0.407 e. The lowest BCUT2D eigenvalue weighted by Gasteiger charge is -2.20. The van der Waals surface area contributed by atoms with Gasteiger partial charge in [0.25, 0.3) is 0 Å². The summed E-state index contributed by atoms with van der Waals surface area (Å²) in [6.45, 7) is 5.94. The van der Waals surface area contributed by atoms with Gasteiger partial charge in [0.15, 0.2) is 0 Å². The van der Waals surface area contributed by atoms with Gasteiger partial charge in [0.1, 0.15) is 11.9 Å².